The number of Topliss-reactive ketones (excluding diaryl/α,β-unsaturated/α-hetero) is 2. The van der Waals surface area contributed by atoms with Gasteiger partial charge in [0.2, 0.25) is 0 Å². The lowest BCUT2D eigenvalue weighted by atomic mass is 9.97. The van der Waals surface area contributed by atoms with E-state index in [0.29, 0.717) is 26.6 Å². The molecule has 304 valence electrons. The van der Waals surface area contributed by atoms with Crippen LogP contribution in [-0.4, -0.2) is 32.9 Å². The Labute approximate surface area is 389 Å². The van der Waals surface area contributed by atoms with Crippen molar-refractivity contribution in [1.29, 1.82) is 0 Å². The Kier molecular flexibility index (Phi) is 10.0. The van der Waals surface area contributed by atoms with Gasteiger partial charge in [-0.3, -0.25) is 24.0 Å². The third kappa shape index (κ3) is 5.91. The van der Waals surface area contributed by atoms with Crippen LogP contribution in [-0.2, 0) is 6.54 Å². The first kappa shape index (κ1) is 41.1. The number of ketones is 2. The van der Waals surface area contributed by atoms with Crippen molar-refractivity contribution in [2.45, 2.75) is 22.3 Å². The minimum Gasteiger partial charge on any atom is -0.304 e. The number of fused-ring (bicyclic) bond motifs is 3. The second kappa shape index (κ2) is 15.1. The van der Waals surface area contributed by atoms with E-state index in [2.05, 4.69) is 6.58 Å². The maximum Gasteiger partial charge on any atom is 0.267 e. The van der Waals surface area contributed by atoms with Crippen molar-refractivity contribution in [2.24, 2.45) is 0 Å². The minimum absolute atomic E-state index is 0.000304. The SMILES string of the molecule is C=c1c2cccc3cccc(c(=O)n1Cc1ccc(N4C(=O)c5c(Cl)c(Cl)c(Cl)c(Cl)c5C4=O)c4nc(C5C(=O)c6c(Cl)c(Cl)c(Sc7ccccc7)c(Cl)c6C5=O)ccc14)c32. The number of rotatable bonds is 6. The Morgan fingerprint density at radius 3 is 1.82 bits per heavy atom. The van der Waals surface area contributed by atoms with Crippen molar-refractivity contribution >= 4 is 161 Å². The lowest BCUT2D eigenvalue weighted by molar-refractivity contribution is 0.0882. The van der Waals surface area contributed by atoms with Crippen LogP contribution in [0.3, 0.4) is 0 Å². The lowest BCUT2D eigenvalue weighted by Crippen LogP contribution is -2.34. The van der Waals surface area contributed by atoms with Crippen LogP contribution in [0.2, 0.25) is 35.2 Å². The highest BCUT2D eigenvalue weighted by molar-refractivity contribution is 7.99. The average molecular weight is 975 g/mol. The molecule has 1 aliphatic heterocycles. The van der Waals surface area contributed by atoms with E-state index in [-0.39, 0.29) is 86.4 Å². The van der Waals surface area contributed by atoms with Crippen LogP contribution < -0.4 is 15.8 Å². The lowest BCUT2D eigenvalue weighted by Gasteiger charge is -2.20. The number of aromatic nitrogens is 2. The van der Waals surface area contributed by atoms with Crippen molar-refractivity contribution in [3.63, 3.8) is 0 Å². The number of imide groups is 1. The molecule has 0 N–H and O–H groups in total. The van der Waals surface area contributed by atoms with Gasteiger partial charge in [-0.15, -0.1) is 0 Å². The molecule has 8 aromatic rings. The fourth-order valence-corrected chi connectivity index (χ4v) is 11.3. The molecule has 1 aliphatic carbocycles. The highest BCUT2D eigenvalue weighted by Crippen LogP contribution is 2.51. The number of carbonyl (C=O) groups is 4. The van der Waals surface area contributed by atoms with Crippen LogP contribution in [0.4, 0.5) is 5.69 Å². The van der Waals surface area contributed by atoms with Gasteiger partial charge in [-0.25, -0.2) is 9.88 Å². The molecule has 0 fully saturated rings. The number of hydrogen-bond acceptors (Lipinski definition) is 7. The van der Waals surface area contributed by atoms with Crippen molar-refractivity contribution in [3.8, 4) is 0 Å². The average Bonchev–Trinajstić information content (AvgIpc) is 3.70. The molecule has 0 saturated carbocycles. The summed E-state index contributed by atoms with van der Waals surface area (Å²) in [4.78, 5) is 78.3. The Bertz CT molecular complexity index is 3430. The zero-order valence-electron chi connectivity index (χ0n) is 31.1. The summed E-state index contributed by atoms with van der Waals surface area (Å²) in [7, 11) is 0. The Morgan fingerprint density at radius 1 is 0.581 bits per heavy atom. The Balaban J connectivity index is 1.16. The molecule has 0 radical (unpaired) electrons. The van der Waals surface area contributed by atoms with Crippen LogP contribution in [0.15, 0.2) is 106 Å². The smallest absolute Gasteiger partial charge is 0.267 e. The van der Waals surface area contributed by atoms with Crippen molar-refractivity contribution < 1.29 is 19.2 Å². The maximum atomic E-state index is 14.5. The molecule has 0 bridgehead atoms. The topological polar surface area (TPSA) is 106 Å². The molecular formula is C46H20Cl7N3O5S. The van der Waals surface area contributed by atoms with Crippen molar-refractivity contribution in [1.82, 2.24) is 9.55 Å². The molecule has 0 saturated heterocycles. The second-order valence-corrected chi connectivity index (χ2v) is 18.2. The number of benzene rings is 6. The fourth-order valence-electron chi connectivity index (χ4n) is 8.31. The summed E-state index contributed by atoms with van der Waals surface area (Å²) in [6, 6.07) is 26.5. The van der Waals surface area contributed by atoms with Gasteiger partial charge in [-0.05, 0) is 41.3 Å². The summed E-state index contributed by atoms with van der Waals surface area (Å²) >= 11 is 47.3. The largest absolute Gasteiger partial charge is 0.304 e. The number of hydrogen-bond donors (Lipinski definition) is 0. The van der Waals surface area contributed by atoms with E-state index in [1.807, 2.05) is 60.7 Å². The van der Waals surface area contributed by atoms with Gasteiger partial charge in [-0.1, -0.05) is 160 Å². The summed E-state index contributed by atoms with van der Waals surface area (Å²) in [6.07, 6.45) is 0. The third-order valence-corrected chi connectivity index (χ3v) is 15.6. The molecular weight excluding hydrogens is 955 g/mol. The van der Waals surface area contributed by atoms with Gasteiger partial charge in [-0.2, -0.15) is 0 Å². The highest BCUT2D eigenvalue weighted by atomic mass is 35.5. The van der Waals surface area contributed by atoms with Gasteiger partial charge in [0, 0.05) is 31.8 Å². The number of halogens is 7. The summed E-state index contributed by atoms with van der Waals surface area (Å²) < 4.78 is 1.53. The first-order valence-electron chi connectivity index (χ1n) is 18.4. The molecule has 6 aromatic carbocycles. The molecule has 16 heteroatoms. The molecule has 8 nitrogen and oxygen atoms in total. The molecule has 0 spiro atoms. The van der Waals surface area contributed by atoms with Crippen LogP contribution in [0, 0.1) is 0 Å². The zero-order chi connectivity index (χ0) is 43.6. The van der Waals surface area contributed by atoms with Crippen molar-refractivity contribution in [2.75, 3.05) is 4.90 Å². The standard InChI is InChI=1S/C46H20Cl7N3O5S/c1-18-22-11-5-7-19-8-6-12-24(27(19)22)44(59)55(18)17-20-13-16-26(56-45(60)31-32(46(56)61)35(49)38(52)37(51)34(31)48)40-23(20)14-15-25(54-40)28-41(57)29-30(42(28)58)36(50)43(39(53)33(29)47)62-21-9-3-2-4-10-21/h2-16,28H,1,17H2. The van der Waals surface area contributed by atoms with E-state index in [1.54, 1.807) is 18.2 Å². The second-order valence-electron chi connectivity index (χ2n) is 14.5. The number of carbonyl (C=O) groups excluding carboxylic acids is 4. The van der Waals surface area contributed by atoms with Crippen LogP contribution in [0.25, 0.3) is 39.0 Å². The van der Waals surface area contributed by atoms with Crippen molar-refractivity contribution in [3.05, 3.63) is 175 Å². The van der Waals surface area contributed by atoms with Gasteiger partial charge < -0.3 is 4.57 Å². The van der Waals surface area contributed by atoms with Gasteiger partial charge in [0.1, 0.15) is 5.92 Å². The predicted octanol–water partition coefficient (Wildman–Crippen LogP) is 12.6. The monoisotopic (exact) mass is 971 g/mol. The van der Waals surface area contributed by atoms with Crippen LogP contribution >= 0.6 is 93.0 Å². The minimum atomic E-state index is -1.54. The molecule has 2 aromatic heterocycles. The normalized spacial score (nSPS) is 14.9. The first-order chi connectivity index (χ1) is 29.7. The Hall–Kier alpha value is -4.94. The third-order valence-electron chi connectivity index (χ3n) is 11.2. The van der Waals surface area contributed by atoms with Crippen LogP contribution in [0.5, 0.6) is 0 Å². The quantitative estimate of drug-likeness (QED) is 0.0707. The van der Waals surface area contributed by atoms with Crippen LogP contribution in [0.1, 0.15) is 58.6 Å². The van der Waals surface area contributed by atoms with E-state index < -0.39 is 29.3 Å². The van der Waals surface area contributed by atoms with E-state index in [1.165, 1.54) is 28.5 Å². The molecule has 3 heterocycles. The first-order valence-corrected chi connectivity index (χ1v) is 21.9. The summed E-state index contributed by atoms with van der Waals surface area (Å²) in [5.74, 6) is -4.68. The summed E-state index contributed by atoms with van der Waals surface area (Å²) in [5.41, 5.74) is -0.645. The zero-order valence-corrected chi connectivity index (χ0v) is 37.2. The predicted molar refractivity (Wildman–Crippen MR) is 248 cm³/mol. The summed E-state index contributed by atoms with van der Waals surface area (Å²) in [6.45, 7) is 4.27. The fraction of sp³-hybridized carbons (Fsp3) is 0.0435. The number of nitrogens with zero attached hydrogens (tertiary/aromatic N) is 3. The van der Waals surface area contributed by atoms with E-state index in [4.69, 9.17) is 86.2 Å². The van der Waals surface area contributed by atoms with Gasteiger partial charge >= 0.3 is 0 Å². The number of amides is 2. The van der Waals surface area contributed by atoms with Gasteiger partial charge in [0.25, 0.3) is 17.4 Å². The molecule has 2 aliphatic rings. The highest BCUT2D eigenvalue weighted by Gasteiger charge is 2.47. The maximum absolute atomic E-state index is 14.5. The van der Waals surface area contributed by atoms with Gasteiger partial charge in [0.05, 0.1) is 85.8 Å². The molecule has 1 atom stereocenters. The summed E-state index contributed by atoms with van der Waals surface area (Å²) in [5, 5.41) is 2.58. The molecule has 2 amide bonds. The number of anilines is 1. The molecule has 10 rings (SSSR count). The van der Waals surface area contributed by atoms with E-state index in [0.717, 1.165) is 26.0 Å². The molecule has 62 heavy (non-hydrogen) atoms. The molecule has 1 unspecified atom stereocenters. The number of pyridine rings is 2. The van der Waals surface area contributed by atoms with Gasteiger partial charge in [0.15, 0.2) is 11.6 Å². The Morgan fingerprint density at radius 2 is 1.18 bits per heavy atom. The van der Waals surface area contributed by atoms with E-state index >= 15 is 0 Å². The van der Waals surface area contributed by atoms with E-state index in [9.17, 15) is 24.0 Å².